The van der Waals surface area contributed by atoms with E-state index in [1.165, 1.54) is 42.5 Å². The van der Waals surface area contributed by atoms with Crippen LogP contribution in [0.4, 0.5) is 17.1 Å². The van der Waals surface area contributed by atoms with Gasteiger partial charge in [-0.1, -0.05) is 43.1 Å². The second-order valence-electron chi connectivity index (χ2n) is 17.5. The second-order valence-corrected chi connectivity index (χ2v) is 17.5. The van der Waals surface area contributed by atoms with E-state index < -0.39 is 38.4 Å². The molecule has 368 valence electrons. The van der Waals surface area contributed by atoms with Gasteiger partial charge in [-0.2, -0.15) is 0 Å². The van der Waals surface area contributed by atoms with Gasteiger partial charge in [-0.05, 0) is 115 Å². The molecule has 0 spiro atoms. The number of rotatable bonds is 24. The number of hydrogen-bond acceptors (Lipinski definition) is 14. The first-order chi connectivity index (χ1) is 33.9. The van der Waals surface area contributed by atoms with Gasteiger partial charge in [0.25, 0.3) is 17.1 Å². The molecule has 1 amide bonds. The average Bonchev–Trinajstić information content (AvgIpc) is 3.36. The molecule has 0 saturated heterocycles. The van der Waals surface area contributed by atoms with Gasteiger partial charge < -0.3 is 34.2 Å². The highest BCUT2D eigenvalue weighted by Gasteiger charge is 2.65. The lowest BCUT2D eigenvalue weighted by molar-refractivity contribution is -0.385. The number of allylic oxidation sites excluding steroid dienone is 1. The molecule has 18 heteroatoms. The van der Waals surface area contributed by atoms with Crippen molar-refractivity contribution in [1.29, 1.82) is 0 Å². The highest BCUT2D eigenvalue weighted by molar-refractivity contribution is 6.03. The normalized spacial score (nSPS) is 21.7. The molecule has 1 aliphatic heterocycles. The summed E-state index contributed by atoms with van der Waals surface area (Å²) in [7, 11) is 0. The summed E-state index contributed by atoms with van der Waals surface area (Å²) < 4.78 is 20.7. The second kappa shape index (κ2) is 23.3. The predicted molar refractivity (Wildman–Crippen MR) is 260 cm³/mol. The van der Waals surface area contributed by atoms with Crippen molar-refractivity contribution in [2.24, 2.45) is 22.9 Å². The molecule has 2 aliphatic carbocycles. The Bertz CT molecular complexity index is 2620. The summed E-state index contributed by atoms with van der Waals surface area (Å²) in [5.41, 5.74) is 3.00. The molecule has 0 radical (unpaired) electrons. The lowest BCUT2D eigenvalue weighted by Crippen LogP contribution is -2.70. The van der Waals surface area contributed by atoms with E-state index in [-0.39, 0.29) is 79.9 Å². The third kappa shape index (κ3) is 11.4. The molecule has 4 aromatic carbocycles. The number of oxime groups is 1. The first-order valence-electron chi connectivity index (χ1n) is 23.5. The van der Waals surface area contributed by atoms with Gasteiger partial charge >= 0.3 is 0 Å². The van der Waals surface area contributed by atoms with Gasteiger partial charge in [-0.25, -0.2) is 0 Å². The Labute approximate surface area is 405 Å². The molecule has 70 heavy (non-hydrogen) atoms. The maximum Gasteiger partial charge on any atom is 0.273 e. The number of carbonyl (C=O) groups excluding carboxylic acids is 1. The summed E-state index contributed by atoms with van der Waals surface area (Å²) in [6.07, 6.45) is 11.4. The first-order valence-corrected chi connectivity index (χ1v) is 23.5. The Hall–Kier alpha value is -7.28. The number of benzene rings is 4. The van der Waals surface area contributed by atoms with Crippen molar-refractivity contribution in [3.8, 4) is 17.2 Å². The van der Waals surface area contributed by atoms with Crippen LogP contribution in [0.3, 0.4) is 0 Å². The van der Waals surface area contributed by atoms with E-state index in [0.717, 1.165) is 11.1 Å². The molecule has 18 nitrogen and oxygen atoms in total. The third-order valence-corrected chi connectivity index (χ3v) is 13.1. The smallest absolute Gasteiger partial charge is 0.273 e. The number of aliphatic hydroxyl groups is 2. The number of nitro groups is 3. The lowest BCUT2D eigenvalue weighted by atomic mass is 9.55. The number of ether oxygens (including phenoxy) is 3. The summed E-state index contributed by atoms with van der Waals surface area (Å²) >= 11 is 0. The van der Waals surface area contributed by atoms with E-state index >= 15 is 0 Å². The van der Waals surface area contributed by atoms with Crippen molar-refractivity contribution in [1.82, 2.24) is 4.90 Å². The van der Waals surface area contributed by atoms with Gasteiger partial charge in [0, 0.05) is 74.1 Å². The molecule has 0 aromatic heterocycles. The van der Waals surface area contributed by atoms with E-state index in [1.54, 1.807) is 65.6 Å². The van der Waals surface area contributed by atoms with Crippen molar-refractivity contribution in [2.45, 2.75) is 82.6 Å². The molecule has 1 heterocycles. The molecule has 1 fully saturated rings. The van der Waals surface area contributed by atoms with Gasteiger partial charge in [0.05, 0.1) is 39.1 Å². The standard InChI is InChI=1S/C52H57N5O13/c1-3-26-54(49(60)25-18-35-14-19-38(20-15-35)55(61)62)48-33-46(53-68-34-36-16-21-39(22-17-36)56(63)64)44-30-37(10-5-7-27-58)43(13-6-8-28-59)50-45-32-42(69-41-12-9-11-40(31-41)57(65)66)23-24-47(45)70-52(48,51(44)50)67-29-4-2/h4,9,11-12,14-25,30-32,37,43,48,50-51,58-59H,2-3,5-8,10,13,26-29,33-34H2,1H3/t37-,43+,48-,50+,51+,52+/m0/s1. The van der Waals surface area contributed by atoms with Crippen LogP contribution in [0.2, 0.25) is 0 Å². The Kier molecular flexibility index (Phi) is 16.9. The van der Waals surface area contributed by atoms with Gasteiger partial charge in [0.15, 0.2) is 0 Å². The summed E-state index contributed by atoms with van der Waals surface area (Å²) in [6.45, 7) is 6.22. The molecular formula is C52H57N5O13. The van der Waals surface area contributed by atoms with E-state index in [9.17, 15) is 45.4 Å². The average molecular weight is 960 g/mol. The largest absolute Gasteiger partial charge is 0.459 e. The van der Waals surface area contributed by atoms with E-state index in [1.807, 2.05) is 13.0 Å². The van der Waals surface area contributed by atoms with Crippen LogP contribution in [0.25, 0.3) is 6.08 Å². The van der Waals surface area contributed by atoms with Crippen molar-refractivity contribution >= 4 is 34.8 Å². The number of nitro benzene ring substituents is 3. The fourth-order valence-corrected chi connectivity index (χ4v) is 10.0. The number of amides is 1. The number of nitrogens with zero attached hydrogens (tertiary/aromatic N) is 5. The minimum atomic E-state index is -1.57. The summed E-state index contributed by atoms with van der Waals surface area (Å²) in [6, 6.07) is 22.3. The maximum atomic E-state index is 14.8. The quantitative estimate of drug-likeness (QED) is 0.0219. The van der Waals surface area contributed by atoms with Crippen LogP contribution in [0.5, 0.6) is 17.2 Å². The molecular weight excluding hydrogens is 903 g/mol. The number of fused-ring (bicyclic) bond motifs is 2. The molecule has 6 atom stereocenters. The number of hydrogen-bond donors (Lipinski definition) is 2. The van der Waals surface area contributed by atoms with Gasteiger partial charge in [0.1, 0.15) is 29.9 Å². The van der Waals surface area contributed by atoms with Crippen molar-refractivity contribution in [3.63, 3.8) is 0 Å². The highest BCUT2D eigenvalue weighted by Crippen LogP contribution is 2.62. The van der Waals surface area contributed by atoms with Crippen LogP contribution in [-0.2, 0) is 21.0 Å². The number of non-ortho nitro benzene ring substituents is 3. The fourth-order valence-electron chi connectivity index (χ4n) is 10.0. The van der Waals surface area contributed by atoms with Crippen molar-refractivity contribution in [3.05, 3.63) is 168 Å². The molecule has 7 rings (SSSR count). The van der Waals surface area contributed by atoms with Crippen LogP contribution in [-0.4, -0.2) is 79.7 Å². The van der Waals surface area contributed by atoms with Crippen LogP contribution < -0.4 is 9.47 Å². The Morgan fingerprint density at radius 1 is 0.871 bits per heavy atom. The fraction of sp³-hybridized carbons (Fsp3) is 0.385. The summed E-state index contributed by atoms with van der Waals surface area (Å²) in [4.78, 5) is 55.7. The van der Waals surface area contributed by atoms with Gasteiger partial charge in [0.2, 0.25) is 11.7 Å². The molecule has 0 unspecified atom stereocenters. The zero-order chi connectivity index (χ0) is 49.8. The molecule has 0 bridgehead atoms. The Morgan fingerprint density at radius 2 is 1.54 bits per heavy atom. The monoisotopic (exact) mass is 959 g/mol. The Balaban J connectivity index is 1.42. The van der Waals surface area contributed by atoms with E-state index in [0.29, 0.717) is 73.3 Å². The van der Waals surface area contributed by atoms with E-state index in [2.05, 4.69) is 12.7 Å². The maximum absolute atomic E-state index is 14.8. The third-order valence-electron chi connectivity index (χ3n) is 13.1. The SMILES string of the molecule is C=CCO[C@@]12Oc3ccc(Oc4cccc([N+](=O)[O-])c4)cc3[C@H]3[C@H](CCCCO)[C@@H](CCCCO)C=C(C(=NOCc4ccc([N+](=O)[O-])cc4)C[C@@H]1N(CCC)C(=O)C=Cc1ccc([N+](=O)[O-])cc1)[C@H]32. The molecule has 2 N–H and O–H groups in total. The molecule has 3 aliphatic rings. The van der Waals surface area contributed by atoms with Crippen molar-refractivity contribution in [2.75, 3.05) is 26.4 Å². The zero-order valence-corrected chi connectivity index (χ0v) is 38.9. The summed E-state index contributed by atoms with van der Waals surface area (Å²) in [5, 5.41) is 59.3. The number of carbonyl (C=O) groups is 1. The number of aliphatic hydroxyl groups excluding tert-OH is 2. The predicted octanol–water partition coefficient (Wildman–Crippen LogP) is 9.99. The van der Waals surface area contributed by atoms with Gasteiger partial charge in [-0.3, -0.25) is 35.1 Å². The highest BCUT2D eigenvalue weighted by atomic mass is 16.7. The zero-order valence-electron chi connectivity index (χ0n) is 38.9. The lowest BCUT2D eigenvalue weighted by Gasteiger charge is -2.60. The topological polar surface area (TPSA) is 239 Å². The van der Waals surface area contributed by atoms with Crippen LogP contribution in [0, 0.1) is 48.1 Å². The molecule has 1 saturated carbocycles. The molecule has 4 aromatic rings. The number of unbranched alkanes of at least 4 members (excludes halogenated alkanes) is 2. The first kappa shape index (κ1) is 50.6. The summed E-state index contributed by atoms with van der Waals surface area (Å²) in [5.74, 6) is -2.08. The minimum Gasteiger partial charge on any atom is -0.459 e. The van der Waals surface area contributed by atoms with Crippen LogP contribution in [0.1, 0.15) is 80.9 Å². The van der Waals surface area contributed by atoms with Crippen LogP contribution >= 0.6 is 0 Å². The van der Waals surface area contributed by atoms with Crippen LogP contribution in [0.15, 0.2) is 127 Å². The minimum absolute atomic E-state index is 0.00315. The Morgan fingerprint density at radius 3 is 2.20 bits per heavy atom. The van der Waals surface area contributed by atoms with Crippen molar-refractivity contribution < 1.29 is 48.8 Å². The van der Waals surface area contributed by atoms with E-state index in [4.69, 9.17) is 24.2 Å². The van der Waals surface area contributed by atoms with Gasteiger partial charge in [-0.15, -0.1) is 6.58 Å².